The van der Waals surface area contributed by atoms with Crippen molar-refractivity contribution >= 4 is 28.7 Å². The third-order valence-electron chi connectivity index (χ3n) is 4.21. The Morgan fingerprint density at radius 2 is 2.00 bits per heavy atom. The molecule has 29 heavy (non-hydrogen) atoms. The van der Waals surface area contributed by atoms with Gasteiger partial charge in [0.15, 0.2) is 0 Å². The number of aromatic nitrogens is 2. The van der Waals surface area contributed by atoms with Crippen molar-refractivity contribution in [1.29, 1.82) is 0 Å². The Labute approximate surface area is 168 Å². The predicted molar refractivity (Wildman–Crippen MR) is 103 cm³/mol. The van der Waals surface area contributed by atoms with Gasteiger partial charge in [-0.1, -0.05) is 19.1 Å². The predicted octanol–water partition coefficient (Wildman–Crippen LogP) is 5.14. The molecule has 0 bridgehead atoms. The van der Waals surface area contributed by atoms with Crippen molar-refractivity contribution in [2.24, 2.45) is 0 Å². The van der Waals surface area contributed by atoms with Gasteiger partial charge in [0.05, 0.1) is 22.2 Å². The van der Waals surface area contributed by atoms with E-state index in [0.29, 0.717) is 21.9 Å². The summed E-state index contributed by atoms with van der Waals surface area (Å²) in [5.41, 5.74) is 0.698. The van der Waals surface area contributed by atoms with Crippen molar-refractivity contribution in [3.63, 3.8) is 0 Å². The highest BCUT2D eigenvalue weighted by molar-refractivity contribution is 7.99. The van der Waals surface area contributed by atoms with Crippen molar-refractivity contribution in [2.75, 3.05) is 5.75 Å². The van der Waals surface area contributed by atoms with Gasteiger partial charge in [-0.15, -0.1) is 11.8 Å². The molecule has 1 amide bonds. The van der Waals surface area contributed by atoms with Crippen LogP contribution < -0.4 is 5.32 Å². The first-order chi connectivity index (χ1) is 13.7. The van der Waals surface area contributed by atoms with Crippen molar-refractivity contribution in [2.45, 2.75) is 31.6 Å². The molecule has 3 aromatic rings. The lowest BCUT2D eigenvalue weighted by Gasteiger charge is -2.15. The molecule has 0 spiro atoms. The molecule has 152 valence electrons. The molecule has 3 rings (SSSR count). The van der Waals surface area contributed by atoms with Crippen LogP contribution in [-0.2, 0) is 12.7 Å². The number of thioether (sulfide) groups is 1. The molecule has 1 aromatic carbocycles. The second-order valence-electron chi connectivity index (χ2n) is 6.25. The Hall–Kier alpha value is -2.68. The van der Waals surface area contributed by atoms with Crippen LogP contribution in [0.25, 0.3) is 11.0 Å². The van der Waals surface area contributed by atoms with Crippen LogP contribution in [0, 0.1) is 12.7 Å². The van der Waals surface area contributed by atoms with Gasteiger partial charge >= 0.3 is 6.18 Å². The maximum atomic E-state index is 13.3. The minimum absolute atomic E-state index is 0.0787. The van der Waals surface area contributed by atoms with Gasteiger partial charge in [0.2, 0.25) is 0 Å². The molecule has 9 heteroatoms. The van der Waals surface area contributed by atoms with Gasteiger partial charge in [-0.2, -0.15) is 13.2 Å². The number of carbonyl (C=O) groups is 1. The number of rotatable bonds is 5. The Kier molecular flexibility index (Phi) is 6.07. The van der Waals surface area contributed by atoms with Crippen LogP contribution in [0.5, 0.6) is 0 Å². The Morgan fingerprint density at radius 1 is 1.24 bits per heavy atom. The molecular weight excluding hydrogens is 406 g/mol. The number of hydrogen-bond donors (Lipinski definition) is 1. The van der Waals surface area contributed by atoms with E-state index in [4.69, 9.17) is 0 Å². The number of aryl methyl sites for hydroxylation is 1. The number of halogens is 4. The second kappa shape index (κ2) is 8.36. The molecular formula is C20H17F4N3OS. The number of nitrogens with zero attached hydrogens (tertiary/aromatic N) is 2. The summed E-state index contributed by atoms with van der Waals surface area (Å²) in [7, 11) is 0. The molecule has 2 aromatic heterocycles. The first kappa shape index (κ1) is 21.0. The van der Waals surface area contributed by atoms with Gasteiger partial charge in [0, 0.05) is 12.7 Å². The van der Waals surface area contributed by atoms with Crippen molar-refractivity contribution < 1.29 is 22.4 Å². The minimum Gasteiger partial charge on any atom is -0.348 e. The Balaban J connectivity index is 2.00. The number of fused-ring (bicyclic) bond motifs is 1. The van der Waals surface area contributed by atoms with E-state index in [1.165, 1.54) is 23.9 Å². The lowest BCUT2D eigenvalue weighted by Crippen LogP contribution is -2.25. The molecule has 2 heterocycles. The van der Waals surface area contributed by atoms with Crippen LogP contribution in [0.1, 0.15) is 34.0 Å². The number of alkyl halides is 3. The molecule has 0 saturated carbocycles. The first-order valence-electron chi connectivity index (χ1n) is 8.73. The molecule has 0 unspecified atom stereocenters. The molecule has 0 saturated heterocycles. The van der Waals surface area contributed by atoms with E-state index in [1.807, 2.05) is 6.92 Å². The SMILES string of the molecule is CCSc1nc2cc(C(F)(F)F)cnc2c(C)c1C(=O)NCc1cccc(F)c1. The largest absolute Gasteiger partial charge is 0.417 e. The van der Waals surface area contributed by atoms with E-state index in [0.717, 1.165) is 12.3 Å². The van der Waals surface area contributed by atoms with Gasteiger partial charge in [0.1, 0.15) is 10.8 Å². The summed E-state index contributed by atoms with van der Waals surface area (Å²) in [4.78, 5) is 21.0. The smallest absolute Gasteiger partial charge is 0.348 e. The third kappa shape index (κ3) is 4.67. The van der Waals surface area contributed by atoms with Crippen LogP contribution in [0.3, 0.4) is 0 Å². The summed E-state index contributed by atoms with van der Waals surface area (Å²) in [5, 5.41) is 3.04. The molecule has 0 atom stereocenters. The van der Waals surface area contributed by atoms with E-state index < -0.39 is 23.5 Å². The highest BCUT2D eigenvalue weighted by atomic mass is 32.2. The van der Waals surface area contributed by atoms with Crippen molar-refractivity contribution in [3.05, 3.63) is 64.6 Å². The molecule has 4 nitrogen and oxygen atoms in total. The Morgan fingerprint density at radius 3 is 2.66 bits per heavy atom. The first-order valence-corrected chi connectivity index (χ1v) is 9.72. The normalized spacial score (nSPS) is 11.7. The lowest BCUT2D eigenvalue weighted by molar-refractivity contribution is -0.137. The number of pyridine rings is 2. The zero-order chi connectivity index (χ0) is 21.2. The highest BCUT2D eigenvalue weighted by Gasteiger charge is 2.32. The van der Waals surface area contributed by atoms with E-state index in [-0.39, 0.29) is 23.1 Å². The molecule has 0 aliphatic carbocycles. The Bertz CT molecular complexity index is 1070. The molecule has 0 aliphatic heterocycles. The zero-order valence-corrected chi connectivity index (χ0v) is 16.4. The summed E-state index contributed by atoms with van der Waals surface area (Å²) in [6, 6.07) is 6.77. The molecule has 0 radical (unpaired) electrons. The standard InChI is InChI=1S/C20H17F4N3OS/c1-3-29-19-16(18(28)26-9-12-5-4-6-14(21)7-12)11(2)17-15(27-19)8-13(10-25-17)20(22,23)24/h4-8,10H,3,9H2,1-2H3,(H,26,28). The topological polar surface area (TPSA) is 54.9 Å². The number of carbonyl (C=O) groups excluding carboxylic acids is 1. The van der Waals surface area contributed by atoms with E-state index in [1.54, 1.807) is 19.1 Å². The van der Waals surface area contributed by atoms with Crippen LogP contribution in [0.4, 0.5) is 17.6 Å². The number of amides is 1. The molecule has 1 N–H and O–H groups in total. The van der Waals surface area contributed by atoms with E-state index >= 15 is 0 Å². The molecule has 0 aliphatic rings. The summed E-state index contributed by atoms with van der Waals surface area (Å²) in [6.07, 6.45) is -3.80. The van der Waals surface area contributed by atoms with E-state index in [9.17, 15) is 22.4 Å². The summed E-state index contributed by atoms with van der Waals surface area (Å²) < 4.78 is 52.3. The zero-order valence-electron chi connectivity index (χ0n) is 15.6. The van der Waals surface area contributed by atoms with Crippen LogP contribution in [-0.4, -0.2) is 21.6 Å². The van der Waals surface area contributed by atoms with Crippen LogP contribution in [0.2, 0.25) is 0 Å². The van der Waals surface area contributed by atoms with Gasteiger partial charge in [0.25, 0.3) is 5.91 Å². The van der Waals surface area contributed by atoms with Gasteiger partial charge in [-0.3, -0.25) is 9.78 Å². The van der Waals surface area contributed by atoms with Gasteiger partial charge in [-0.25, -0.2) is 9.37 Å². The number of hydrogen-bond acceptors (Lipinski definition) is 4. The second-order valence-corrected chi connectivity index (χ2v) is 7.50. The average molecular weight is 423 g/mol. The fourth-order valence-electron chi connectivity index (χ4n) is 2.85. The highest BCUT2D eigenvalue weighted by Crippen LogP contribution is 2.33. The third-order valence-corrected chi connectivity index (χ3v) is 5.07. The summed E-state index contributed by atoms with van der Waals surface area (Å²) >= 11 is 1.26. The van der Waals surface area contributed by atoms with Crippen molar-refractivity contribution in [1.82, 2.24) is 15.3 Å². The fourth-order valence-corrected chi connectivity index (χ4v) is 3.68. The summed E-state index contributed by atoms with van der Waals surface area (Å²) in [6.45, 7) is 3.58. The monoisotopic (exact) mass is 423 g/mol. The maximum absolute atomic E-state index is 13.3. The number of nitrogens with one attached hydrogen (secondary N) is 1. The average Bonchev–Trinajstić information content (AvgIpc) is 2.65. The van der Waals surface area contributed by atoms with Crippen LogP contribution >= 0.6 is 11.8 Å². The van der Waals surface area contributed by atoms with Crippen LogP contribution in [0.15, 0.2) is 41.6 Å². The quantitative estimate of drug-likeness (QED) is 0.456. The lowest BCUT2D eigenvalue weighted by atomic mass is 10.1. The maximum Gasteiger partial charge on any atom is 0.417 e. The van der Waals surface area contributed by atoms with Crippen molar-refractivity contribution in [3.8, 4) is 0 Å². The fraction of sp³-hybridized carbons (Fsp3) is 0.250. The minimum atomic E-state index is -4.53. The van der Waals surface area contributed by atoms with E-state index in [2.05, 4.69) is 15.3 Å². The molecule has 0 fully saturated rings. The van der Waals surface area contributed by atoms with Gasteiger partial charge < -0.3 is 5.32 Å². The number of benzene rings is 1. The summed E-state index contributed by atoms with van der Waals surface area (Å²) in [5.74, 6) is -0.278. The van der Waals surface area contributed by atoms with Gasteiger partial charge in [-0.05, 0) is 42.0 Å².